The number of benzene rings is 1. The van der Waals surface area contributed by atoms with Crippen LogP contribution in [-0.2, 0) is 0 Å². The highest BCUT2D eigenvalue weighted by Crippen LogP contribution is 2.36. The molecule has 3 nitrogen and oxygen atoms in total. The van der Waals surface area contributed by atoms with Crippen LogP contribution in [0.15, 0.2) is 24.3 Å². The van der Waals surface area contributed by atoms with Gasteiger partial charge in [0.15, 0.2) is 0 Å². The van der Waals surface area contributed by atoms with E-state index in [0.717, 1.165) is 13.1 Å². The van der Waals surface area contributed by atoms with E-state index in [1.54, 1.807) is 24.3 Å². The Morgan fingerprint density at radius 3 is 2.33 bits per heavy atom. The van der Waals surface area contributed by atoms with Crippen molar-refractivity contribution in [1.82, 2.24) is 4.90 Å². The molecule has 0 spiro atoms. The van der Waals surface area contributed by atoms with E-state index >= 15 is 0 Å². The molecule has 18 heavy (non-hydrogen) atoms. The van der Waals surface area contributed by atoms with Crippen molar-refractivity contribution in [2.24, 2.45) is 11.8 Å². The normalized spacial score (nSPS) is 27.0. The maximum absolute atomic E-state index is 12.4. The Balaban J connectivity index is 1.76. The fraction of sp³-hybridized carbons (Fsp3) is 0.533. The van der Waals surface area contributed by atoms with E-state index in [1.807, 2.05) is 4.90 Å². The van der Waals surface area contributed by atoms with Gasteiger partial charge in [0.2, 0.25) is 0 Å². The number of fused-ring (bicyclic) bond motifs is 1. The van der Waals surface area contributed by atoms with Crippen molar-refractivity contribution < 1.29 is 9.90 Å². The lowest BCUT2D eigenvalue weighted by Crippen LogP contribution is -2.29. The number of aromatic hydroxyl groups is 1. The third-order valence-corrected chi connectivity index (χ3v) is 4.40. The highest BCUT2D eigenvalue weighted by atomic mass is 16.3. The van der Waals surface area contributed by atoms with Gasteiger partial charge < -0.3 is 10.0 Å². The quantitative estimate of drug-likeness (QED) is 0.826. The largest absolute Gasteiger partial charge is 0.507 e. The second-order valence-electron chi connectivity index (χ2n) is 5.53. The van der Waals surface area contributed by atoms with Crippen molar-refractivity contribution in [2.45, 2.75) is 25.7 Å². The van der Waals surface area contributed by atoms with Crippen molar-refractivity contribution in [3.63, 3.8) is 0 Å². The second-order valence-corrected chi connectivity index (χ2v) is 5.53. The zero-order valence-corrected chi connectivity index (χ0v) is 10.5. The van der Waals surface area contributed by atoms with E-state index in [2.05, 4.69) is 0 Å². The molecule has 2 atom stereocenters. The Bertz CT molecular complexity index is 444. The van der Waals surface area contributed by atoms with Gasteiger partial charge in [-0.1, -0.05) is 25.0 Å². The molecule has 1 aliphatic carbocycles. The first-order valence-electron chi connectivity index (χ1n) is 6.83. The number of hydrogen-bond acceptors (Lipinski definition) is 2. The molecular formula is C15H19NO2. The molecule has 1 amide bonds. The molecule has 1 aromatic carbocycles. The maximum Gasteiger partial charge on any atom is 0.257 e. The number of para-hydroxylation sites is 1. The summed E-state index contributed by atoms with van der Waals surface area (Å²) in [6.07, 6.45) is 5.13. The predicted octanol–water partition coefficient (Wildman–Crippen LogP) is 2.65. The number of carbonyl (C=O) groups excluding carboxylic acids is 1. The Hall–Kier alpha value is -1.51. The molecular weight excluding hydrogens is 226 g/mol. The number of phenols is 1. The molecule has 1 saturated carbocycles. The van der Waals surface area contributed by atoms with Gasteiger partial charge in [0.25, 0.3) is 5.91 Å². The number of amides is 1. The minimum atomic E-state index is -0.0116. The van der Waals surface area contributed by atoms with Crippen LogP contribution in [0.1, 0.15) is 36.0 Å². The minimum absolute atomic E-state index is 0.0116. The fourth-order valence-corrected chi connectivity index (χ4v) is 3.40. The molecule has 1 aromatic rings. The van der Waals surface area contributed by atoms with E-state index in [4.69, 9.17) is 0 Å². The Kier molecular flexibility index (Phi) is 2.98. The lowest BCUT2D eigenvalue weighted by molar-refractivity contribution is 0.0781. The van der Waals surface area contributed by atoms with Gasteiger partial charge in [-0.05, 0) is 36.8 Å². The molecule has 1 N–H and O–H groups in total. The molecule has 3 heteroatoms. The van der Waals surface area contributed by atoms with Crippen LogP contribution in [0, 0.1) is 11.8 Å². The molecule has 0 bridgehead atoms. The molecule has 1 saturated heterocycles. The summed E-state index contributed by atoms with van der Waals surface area (Å²) in [5.74, 6) is 1.46. The second kappa shape index (κ2) is 4.63. The van der Waals surface area contributed by atoms with Crippen LogP contribution in [0.25, 0.3) is 0 Å². The van der Waals surface area contributed by atoms with E-state index in [9.17, 15) is 9.90 Å². The van der Waals surface area contributed by atoms with Crippen molar-refractivity contribution in [1.29, 1.82) is 0 Å². The summed E-state index contributed by atoms with van der Waals surface area (Å²) in [4.78, 5) is 14.3. The van der Waals surface area contributed by atoms with E-state index in [0.29, 0.717) is 17.4 Å². The minimum Gasteiger partial charge on any atom is -0.507 e. The average molecular weight is 245 g/mol. The Labute approximate surface area is 107 Å². The lowest BCUT2D eigenvalue weighted by Gasteiger charge is -2.22. The van der Waals surface area contributed by atoms with Gasteiger partial charge in [-0.25, -0.2) is 0 Å². The van der Waals surface area contributed by atoms with Crippen molar-refractivity contribution >= 4 is 5.91 Å². The van der Waals surface area contributed by atoms with Gasteiger partial charge >= 0.3 is 0 Å². The van der Waals surface area contributed by atoms with Crippen molar-refractivity contribution in [2.75, 3.05) is 13.1 Å². The zero-order valence-electron chi connectivity index (χ0n) is 10.5. The van der Waals surface area contributed by atoms with Crippen LogP contribution < -0.4 is 0 Å². The molecule has 1 heterocycles. The molecule has 2 fully saturated rings. The summed E-state index contributed by atoms with van der Waals surface area (Å²) in [5.41, 5.74) is 0.441. The lowest BCUT2D eigenvalue weighted by atomic mass is 9.82. The highest BCUT2D eigenvalue weighted by molar-refractivity contribution is 5.96. The average Bonchev–Trinajstić information content (AvgIpc) is 2.82. The van der Waals surface area contributed by atoms with Crippen LogP contribution in [0.5, 0.6) is 5.75 Å². The molecule has 96 valence electrons. The van der Waals surface area contributed by atoms with Gasteiger partial charge in [0.1, 0.15) is 5.75 Å². The van der Waals surface area contributed by atoms with Crippen molar-refractivity contribution in [3.8, 4) is 5.75 Å². The van der Waals surface area contributed by atoms with Gasteiger partial charge in [-0.2, -0.15) is 0 Å². The van der Waals surface area contributed by atoms with E-state index < -0.39 is 0 Å². The molecule has 1 aliphatic heterocycles. The van der Waals surface area contributed by atoms with Crippen molar-refractivity contribution in [3.05, 3.63) is 29.8 Å². The zero-order chi connectivity index (χ0) is 12.5. The molecule has 3 rings (SSSR count). The topological polar surface area (TPSA) is 40.5 Å². The maximum atomic E-state index is 12.4. The highest BCUT2D eigenvalue weighted by Gasteiger charge is 2.36. The SMILES string of the molecule is O=C(c1ccccc1O)N1CC2CCCCC2C1. The van der Waals surface area contributed by atoms with Crippen LogP contribution in [0.4, 0.5) is 0 Å². The first-order chi connectivity index (χ1) is 8.75. The molecule has 2 aliphatic rings. The smallest absolute Gasteiger partial charge is 0.257 e. The summed E-state index contributed by atoms with van der Waals surface area (Å²) in [6, 6.07) is 6.84. The standard InChI is InChI=1S/C15H19NO2/c17-14-8-4-3-7-13(14)15(18)16-9-11-5-1-2-6-12(11)10-16/h3-4,7-8,11-12,17H,1-2,5-6,9-10H2. The van der Waals surface area contributed by atoms with Gasteiger partial charge in [-0.15, -0.1) is 0 Å². The third-order valence-electron chi connectivity index (χ3n) is 4.40. The number of phenolic OH excluding ortho intramolecular Hbond substituents is 1. The summed E-state index contributed by atoms with van der Waals surface area (Å²) in [6.45, 7) is 1.75. The summed E-state index contributed by atoms with van der Waals surface area (Å²) >= 11 is 0. The number of rotatable bonds is 1. The number of hydrogen-bond donors (Lipinski definition) is 1. The van der Waals surface area contributed by atoms with E-state index in [-0.39, 0.29) is 11.7 Å². The Morgan fingerprint density at radius 2 is 1.72 bits per heavy atom. The summed E-state index contributed by atoms with van der Waals surface area (Å²) < 4.78 is 0. The number of likely N-dealkylation sites (tertiary alicyclic amines) is 1. The summed E-state index contributed by atoms with van der Waals surface area (Å²) in [7, 11) is 0. The van der Waals surface area contributed by atoms with Gasteiger partial charge in [0, 0.05) is 13.1 Å². The van der Waals surface area contributed by atoms with Gasteiger partial charge in [-0.3, -0.25) is 4.79 Å². The first kappa shape index (κ1) is 11.6. The predicted molar refractivity (Wildman–Crippen MR) is 69.5 cm³/mol. The molecule has 0 radical (unpaired) electrons. The summed E-state index contributed by atoms with van der Waals surface area (Å²) in [5, 5.41) is 9.75. The van der Waals surface area contributed by atoms with E-state index in [1.165, 1.54) is 25.7 Å². The number of carbonyl (C=O) groups is 1. The number of nitrogens with zero attached hydrogens (tertiary/aromatic N) is 1. The Morgan fingerprint density at radius 1 is 1.11 bits per heavy atom. The van der Waals surface area contributed by atoms with Crippen LogP contribution in [-0.4, -0.2) is 29.0 Å². The molecule has 0 aromatic heterocycles. The monoisotopic (exact) mass is 245 g/mol. The van der Waals surface area contributed by atoms with Crippen LogP contribution in [0.2, 0.25) is 0 Å². The van der Waals surface area contributed by atoms with Gasteiger partial charge in [0.05, 0.1) is 5.56 Å². The van der Waals surface area contributed by atoms with Crippen LogP contribution >= 0.6 is 0 Å². The fourth-order valence-electron chi connectivity index (χ4n) is 3.40. The molecule has 2 unspecified atom stereocenters. The first-order valence-corrected chi connectivity index (χ1v) is 6.83. The third kappa shape index (κ3) is 1.98. The van der Waals surface area contributed by atoms with Crippen LogP contribution in [0.3, 0.4) is 0 Å².